The minimum absolute atomic E-state index is 0.171. The number of amides is 1. The number of hydrogen-bond donors (Lipinski definition) is 2. The van der Waals surface area contributed by atoms with Crippen LogP contribution in [0.2, 0.25) is 0 Å². The third-order valence-electron chi connectivity index (χ3n) is 2.77. The van der Waals surface area contributed by atoms with Gasteiger partial charge in [-0.3, -0.25) is 0 Å². The van der Waals surface area contributed by atoms with Gasteiger partial charge in [0.1, 0.15) is 16.9 Å². The Morgan fingerprint density at radius 1 is 1.32 bits per heavy atom. The van der Waals surface area contributed by atoms with E-state index in [4.69, 9.17) is 9.47 Å². The van der Waals surface area contributed by atoms with Crippen molar-refractivity contribution in [1.29, 1.82) is 0 Å². The van der Waals surface area contributed by atoms with Crippen LogP contribution in [0.5, 0.6) is 0 Å². The third-order valence-corrected chi connectivity index (χ3v) is 2.77. The lowest BCUT2D eigenvalue weighted by Crippen LogP contribution is -2.32. The Balaban J connectivity index is 2.13. The third kappa shape index (κ3) is 3.75. The molecule has 0 radical (unpaired) electrons. The summed E-state index contributed by atoms with van der Waals surface area (Å²) < 4.78 is 9.87. The second-order valence-corrected chi connectivity index (χ2v) is 5.73. The summed E-state index contributed by atoms with van der Waals surface area (Å²) in [5.41, 5.74) is 1.02. The number of ether oxygens (including phenoxy) is 2. The predicted octanol–water partition coefficient (Wildman–Crippen LogP) is 2.37. The van der Waals surface area contributed by atoms with Crippen molar-refractivity contribution >= 4 is 23.1 Å². The van der Waals surface area contributed by atoms with Crippen LogP contribution in [0.1, 0.15) is 37.0 Å². The summed E-state index contributed by atoms with van der Waals surface area (Å²) in [6.07, 6.45) is -0.527. The van der Waals surface area contributed by atoms with Crippen molar-refractivity contribution in [3.63, 3.8) is 0 Å². The maximum absolute atomic E-state index is 11.7. The van der Waals surface area contributed by atoms with Crippen LogP contribution in [-0.4, -0.2) is 34.7 Å². The zero-order chi connectivity index (χ0) is 16.3. The van der Waals surface area contributed by atoms with E-state index in [0.29, 0.717) is 22.4 Å². The molecule has 0 aliphatic rings. The Labute approximate surface area is 128 Å². The van der Waals surface area contributed by atoms with Gasteiger partial charge in [-0.05, 0) is 32.9 Å². The van der Waals surface area contributed by atoms with Crippen molar-refractivity contribution in [1.82, 2.24) is 15.3 Å². The van der Waals surface area contributed by atoms with Crippen molar-refractivity contribution in [2.45, 2.75) is 32.9 Å². The standard InChI is InChI=1S/C15H19N3O4/c1-15(2,3)22-14(20)16-8-11-17-10-7-5-6-9(12(10)18-11)13(19)21-4/h5-7H,8H2,1-4H3,(H,16,20)(H,17,18). The number of carbonyl (C=O) groups is 2. The second-order valence-electron chi connectivity index (χ2n) is 5.73. The Morgan fingerprint density at radius 2 is 2.05 bits per heavy atom. The highest BCUT2D eigenvalue weighted by molar-refractivity contribution is 6.01. The van der Waals surface area contributed by atoms with Gasteiger partial charge in [0.05, 0.1) is 24.7 Å². The normalized spacial score (nSPS) is 11.3. The monoisotopic (exact) mass is 305 g/mol. The number of esters is 1. The van der Waals surface area contributed by atoms with Gasteiger partial charge in [0.2, 0.25) is 0 Å². The molecule has 1 aromatic carbocycles. The first-order chi connectivity index (χ1) is 10.3. The molecule has 0 unspecified atom stereocenters. The average Bonchev–Trinajstić information content (AvgIpc) is 2.85. The molecule has 22 heavy (non-hydrogen) atoms. The van der Waals surface area contributed by atoms with E-state index in [1.165, 1.54) is 7.11 Å². The van der Waals surface area contributed by atoms with E-state index < -0.39 is 17.7 Å². The van der Waals surface area contributed by atoms with Crippen LogP contribution in [0.15, 0.2) is 18.2 Å². The molecule has 7 nitrogen and oxygen atoms in total. The minimum Gasteiger partial charge on any atom is -0.465 e. The number of para-hydroxylation sites is 1. The number of rotatable bonds is 3. The van der Waals surface area contributed by atoms with Crippen LogP contribution >= 0.6 is 0 Å². The van der Waals surface area contributed by atoms with E-state index in [-0.39, 0.29) is 6.54 Å². The molecule has 2 aromatic rings. The molecule has 0 fully saturated rings. The van der Waals surface area contributed by atoms with Gasteiger partial charge in [-0.2, -0.15) is 0 Å². The first-order valence-electron chi connectivity index (χ1n) is 6.83. The first-order valence-corrected chi connectivity index (χ1v) is 6.83. The molecular weight excluding hydrogens is 286 g/mol. The number of nitrogens with zero attached hydrogens (tertiary/aromatic N) is 1. The molecule has 2 rings (SSSR count). The molecule has 0 spiro atoms. The molecule has 1 heterocycles. The van der Waals surface area contributed by atoms with Gasteiger partial charge in [-0.1, -0.05) is 6.07 Å². The van der Waals surface area contributed by atoms with E-state index in [0.717, 1.165) is 0 Å². The van der Waals surface area contributed by atoms with Crippen molar-refractivity contribution in [2.24, 2.45) is 0 Å². The number of methoxy groups -OCH3 is 1. The Morgan fingerprint density at radius 3 is 2.68 bits per heavy atom. The quantitative estimate of drug-likeness (QED) is 0.849. The van der Waals surface area contributed by atoms with E-state index in [1.807, 2.05) is 0 Å². The van der Waals surface area contributed by atoms with Crippen LogP contribution in [0, 0.1) is 0 Å². The highest BCUT2D eigenvalue weighted by atomic mass is 16.6. The van der Waals surface area contributed by atoms with Crippen LogP contribution in [0.3, 0.4) is 0 Å². The van der Waals surface area contributed by atoms with E-state index >= 15 is 0 Å². The van der Waals surface area contributed by atoms with Gasteiger partial charge < -0.3 is 19.8 Å². The summed E-state index contributed by atoms with van der Waals surface area (Å²) in [6.45, 7) is 5.54. The number of nitrogens with one attached hydrogen (secondary N) is 2. The molecule has 2 N–H and O–H groups in total. The van der Waals surface area contributed by atoms with Crippen molar-refractivity contribution in [3.8, 4) is 0 Å². The molecule has 0 aliphatic carbocycles. The minimum atomic E-state index is -0.560. The fraction of sp³-hybridized carbons (Fsp3) is 0.400. The Bertz CT molecular complexity index is 700. The largest absolute Gasteiger partial charge is 0.465 e. The fourth-order valence-electron chi connectivity index (χ4n) is 1.91. The molecule has 0 atom stereocenters. The zero-order valence-corrected chi connectivity index (χ0v) is 13.0. The smallest absolute Gasteiger partial charge is 0.408 e. The summed E-state index contributed by atoms with van der Waals surface area (Å²) in [5.74, 6) is 0.0703. The van der Waals surface area contributed by atoms with Gasteiger partial charge >= 0.3 is 12.1 Å². The second kappa shape index (κ2) is 6.05. The number of benzene rings is 1. The molecule has 0 saturated heterocycles. The van der Waals surface area contributed by atoms with Crippen LogP contribution < -0.4 is 5.32 Å². The lowest BCUT2D eigenvalue weighted by Gasteiger charge is -2.19. The van der Waals surface area contributed by atoms with Gasteiger partial charge in [-0.25, -0.2) is 14.6 Å². The maximum Gasteiger partial charge on any atom is 0.408 e. The molecule has 118 valence electrons. The summed E-state index contributed by atoms with van der Waals surface area (Å²) in [6, 6.07) is 5.17. The number of alkyl carbamates (subject to hydrolysis) is 1. The summed E-state index contributed by atoms with van der Waals surface area (Å²) in [4.78, 5) is 30.7. The lowest BCUT2D eigenvalue weighted by molar-refractivity contribution is 0.0521. The Kier molecular flexibility index (Phi) is 4.35. The topological polar surface area (TPSA) is 93.3 Å². The van der Waals surface area contributed by atoms with Crippen molar-refractivity contribution in [2.75, 3.05) is 7.11 Å². The average molecular weight is 305 g/mol. The number of aromatic nitrogens is 2. The molecular formula is C15H19N3O4. The van der Waals surface area contributed by atoms with Crippen LogP contribution in [0.25, 0.3) is 11.0 Å². The highest BCUT2D eigenvalue weighted by Gasteiger charge is 2.17. The number of aromatic amines is 1. The number of carbonyl (C=O) groups excluding carboxylic acids is 2. The Hall–Kier alpha value is -2.57. The maximum atomic E-state index is 11.7. The number of imidazole rings is 1. The van der Waals surface area contributed by atoms with Crippen molar-refractivity contribution < 1.29 is 19.1 Å². The van der Waals surface area contributed by atoms with Gasteiger partial charge in [0, 0.05) is 0 Å². The summed E-state index contributed by atoms with van der Waals surface area (Å²) in [7, 11) is 1.32. The molecule has 7 heteroatoms. The van der Waals surface area contributed by atoms with Gasteiger partial charge in [0.15, 0.2) is 0 Å². The summed E-state index contributed by atoms with van der Waals surface area (Å²) >= 11 is 0. The molecule has 0 aliphatic heterocycles. The van der Waals surface area contributed by atoms with Crippen molar-refractivity contribution in [3.05, 3.63) is 29.6 Å². The lowest BCUT2D eigenvalue weighted by atomic mass is 10.2. The first kappa shape index (κ1) is 15.8. The van der Waals surface area contributed by atoms with Crippen LogP contribution in [0.4, 0.5) is 4.79 Å². The number of hydrogen-bond acceptors (Lipinski definition) is 5. The van der Waals surface area contributed by atoms with Gasteiger partial charge in [0.25, 0.3) is 0 Å². The predicted molar refractivity (Wildman–Crippen MR) is 80.5 cm³/mol. The number of H-pyrrole nitrogens is 1. The molecule has 0 bridgehead atoms. The van der Waals surface area contributed by atoms with Crippen LogP contribution in [-0.2, 0) is 16.0 Å². The molecule has 0 saturated carbocycles. The SMILES string of the molecule is COC(=O)c1cccc2[nH]c(CNC(=O)OC(C)(C)C)nc12. The number of fused-ring (bicyclic) bond motifs is 1. The fourth-order valence-corrected chi connectivity index (χ4v) is 1.91. The highest BCUT2D eigenvalue weighted by Crippen LogP contribution is 2.17. The zero-order valence-electron chi connectivity index (χ0n) is 13.0. The van der Waals surface area contributed by atoms with E-state index in [1.54, 1.807) is 39.0 Å². The molecule has 1 amide bonds. The van der Waals surface area contributed by atoms with Gasteiger partial charge in [-0.15, -0.1) is 0 Å². The summed E-state index contributed by atoms with van der Waals surface area (Å²) in [5, 5.41) is 2.61. The van der Waals surface area contributed by atoms with E-state index in [9.17, 15) is 9.59 Å². The molecule has 1 aromatic heterocycles. The van der Waals surface area contributed by atoms with E-state index in [2.05, 4.69) is 15.3 Å².